The Balaban J connectivity index is 2.52. The number of aryl methyl sites for hydroxylation is 2. The van der Waals surface area contributed by atoms with Gasteiger partial charge in [0.15, 0.2) is 0 Å². The zero-order chi connectivity index (χ0) is 12.2. The molecule has 3 nitrogen and oxygen atoms in total. The van der Waals surface area contributed by atoms with Crippen molar-refractivity contribution in [3.8, 4) is 0 Å². The Kier molecular flexibility index (Phi) is 2.43. The van der Waals surface area contributed by atoms with Gasteiger partial charge in [0.25, 0.3) is 0 Å². The maximum atomic E-state index is 12.4. The third-order valence-electron chi connectivity index (χ3n) is 3.44. The molecule has 90 valence electrons. The highest BCUT2D eigenvalue weighted by molar-refractivity contribution is 9.10. The van der Waals surface area contributed by atoms with Crippen LogP contribution in [0.1, 0.15) is 31.9 Å². The molecule has 0 atom stereocenters. The zero-order valence-electron chi connectivity index (χ0n) is 10.0. The molecule has 0 unspecified atom stereocenters. The summed E-state index contributed by atoms with van der Waals surface area (Å²) in [5.74, 6) is 0. The van der Waals surface area contributed by atoms with Crippen LogP contribution in [0.5, 0.6) is 0 Å². The number of nitrogens with zero attached hydrogens (tertiary/aromatic N) is 2. The van der Waals surface area contributed by atoms with Gasteiger partial charge in [-0.3, -0.25) is 9.13 Å². The van der Waals surface area contributed by atoms with E-state index in [2.05, 4.69) is 41.9 Å². The van der Waals surface area contributed by atoms with Crippen molar-refractivity contribution in [2.75, 3.05) is 0 Å². The number of benzene rings is 1. The van der Waals surface area contributed by atoms with Crippen LogP contribution in [0, 0.1) is 0 Å². The van der Waals surface area contributed by atoms with E-state index in [9.17, 15) is 4.79 Å². The van der Waals surface area contributed by atoms with Crippen LogP contribution in [0.15, 0.2) is 21.4 Å². The largest absolute Gasteiger partial charge is 0.329 e. The molecule has 0 bridgehead atoms. The number of hydrogen-bond acceptors (Lipinski definition) is 1. The van der Waals surface area contributed by atoms with E-state index in [1.165, 1.54) is 5.56 Å². The van der Waals surface area contributed by atoms with Crippen LogP contribution < -0.4 is 5.69 Å². The van der Waals surface area contributed by atoms with Gasteiger partial charge in [0, 0.05) is 17.1 Å². The first-order chi connectivity index (χ1) is 8.09. The second-order valence-corrected chi connectivity index (χ2v) is 5.85. The predicted octanol–water partition coefficient (Wildman–Crippen LogP) is 3.09. The summed E-state index contributed by atoms with van der Waals surface area (Å²) < 4.78 is 4.89. The van der Waals surface area contributed by atoms with Crippen LogP contribution in [0.4, 0.5) is 0 Å². The summed E-state index contributed by atoms with van der Waals surface area (Å²) in [5.41, 5.74) is 3.62. The lowest BCUT2D eigenvalue weighted by molar-refractivity contribution is 0.548. The molecule has 1 aromatic heterocycles. The smallest absolute Gasteiger partial charge is 0.292 e. The maximum Gasteiger partial charge on any atom is 0.329 e. The summed E-state index contributed by atoms with van der Waals surface area (Å²) >= 11 is 3.54. The van der Waals surface area contributed by atoms with Gasteiger partial charge in [0.2, 0.25) is 0 Å². The van der Waals surface area contributed by atoms with E-state index >= 15 is 0 Å². The standard InChI is InChI=1S/C13H15BrN2O/c1-8(2)16-11-7-10(14)6-9-4-3-5-15(12(9)11)13(16)17/h6-8H,3-5H2,1-2H3. The van der Waals surface area contributed by atoms with Crippen LogP contribution in [0.2, 0.25) is 0 Å². The van der Waals surface area contributed by atoms with Crippen molar-refractivity contribution in [3.05, 3.63) is 32.7 Å². The highest BCUT2D eigenvalue weighted by Crippen LogP contribution is 2.29. The predicted molar refractivity (Wildman–Crippen MR) is 72.6 cm³/mol. The lowest BCUT2D eigenvalue weighted by Crippen LogP contribution is -2.26. The summed E-state index contributed by atoms with van der Waals surface area (Å²) in [5, 5.41) is 0. The Bertz CT molecular complexity index is 651. The van der Waals surface area contributed by atoms with Crippen molar-refractivity contribution in [1.82, 2.24) is 9.13 Å². The van der Waals surface area contributed by atoms with E-state index in [1.54, 1.807) is 0 Å². The Morgan fingerprint density at radius 2 is 2.12 bits per heavy atom. The second kappa shape index (κ2) is 3.73. The van der Waals surface area contributed by atoms with E-state index in [-0.39, 0.29) is 11.7 Å². The van der Waals surface area contributed by atoms with Crippen molar-refractivity contribution in [3.63, 3.8) is 0 Å². The number of rotatable bonds is 1. The molecule has 0 saturated heterocycles. The minimum atomic E-state index is 0.133. The summed E-state index contributed by atoms with van der Waals surface area (Å²) in [6.07, 6.45) is 2.12. The van der Waals surface area contributed by atoms with Gasteiger partial charge in [-0.1, -0.05) is 15.9 Å². The Morgan fingerprint density at radius 1 is 1.35 bits per heavy atom. The fraction of sp³-hybridized carbons (Fsp3) is 0.462. The first kappa shape index (κ1) is 11.1. The molecule has 0 fully saturated rings. The molecule has 0 aliphatic carbocycles. The molecule has 0 saturated carbocycles. The van der Waals surface area contributed by atoms with Crippen molar-refractivity contribution < 1.29 is 0 Å². The Hall–Kier alpha value is -1.03. The van der Waals surface area contributed by atoms with Crippen molar-refractivity contribution >= 4 is 27.0 Å². The third kappa shape index (κ3) is 1.50. The van der Waals surface area contributed by atoms with Crippen LogP contribution in [0.25, 0.3) is 11.0 Å². The lowest BCUT2D eigenvalue weighted by atomic mass is 10.0. The average molecular weight is 295 g/mol. The van der Waals surface area contributed by atoms with Gasteiger partial charge >= 0.3 is 5.69 Å². The molecule has 1 aliphatic rings. The van der Waals surface area contributed by atoms with Gasteiger partial charge in [-0.25, -0.2) is 4.79 Å². The molecule has 0 spiro atoms. The van der Waals surface area contributed by atoms with Gasteiger partial charge in [-0.2, -0.15) is 0 Å². The summed E-state index contributed by atoms with van der Waals surface area (Å²) in [6, 6.07) is 4.40. The molecule has 17 heavy (non-hydrogen) atoms. The minimum Gasteiger partial charge on any atom is -0.292 e. The SMILES string of the molecule is CC(C)n1c(=O)n2c3c(cc(Br)cc31)CCC2. The molecular weight excluding hydrogens is 280 g/mol. The molecule has 4 heteroatoms. The molecular formula is C13H15BrN2O. The molecule has 3 rings (SSSR count). The summed E-state index contributed by atoms with van der Waals surface area (Å²) in [4.78, 5) is 12.4. The Labute approximate surface area is 108 Å². The van der Waals surface area contributed by atoms with E-state index in [1.807, 2.05) is 9.13 Å². The Morgan fingerprint density at radius 3 is 2.82 bits per heavy atom. The maximum absolute atomic E-state index is 12.4. The van der Waals surface area contributed by atoms with Crippen LogP contribution >= 0.6 is 15.9 Å². The summed E-state index contributed by atoms with van der Waals surface area (Å²) in [7, 11) is 0. The number of imidazole rings is 1. The van der Waals surface area contributed by atoms with Crippen molar-refractivity contribution in [2.24, 2.45) is 0 Å². The number of aromatic nitrogens is 2. The monoisotopic (exact) mass is 294 g/mol. The van der Waals surface area contributed by atoms with E-state index in [4.69, 9.17) is 0 Å². The van der Waals surface area contributed by atoms with Crippen molar-refractivity contribution in [2.45, 2.75) is 39.3 Å². The van der Waals surface area contributed by atoms with Crippen LogP contribution in [-0.2, 0) is 13.0 Å². The van der Waals surface area contributed by atoms with Crippen molar-refractivity contribution in [1.29, 1.82) is 0 Å². The molecule has 0 N–H and O–H groups in total. The normalized spacial score (nSPS) is 14.8. The zero-order valence-corrected chi connectivity index (χ0v) is 11.6. The highest BCUT2D eigenvalue weighted by atomic mass is 79.9. The number of hydrogen-bond donors (Lipinski definition) is 0. The summed E-state index contributed by atoms with van der Waals surface area (Å²) in [6.45, 7) is 4.97. The van der Waals surface area contributed by atoms with Gasteiger partial charge in [0.05, 0.1) is 11.0 Å². The van der Waals surface area contributed by atoms with E-state index < -0.39 is 0 Å². The van der Waals surface area contributed by atoms with E-state index in [0.29, 0.717) is 0 Å². The quantitative estimate of drug-likeness (QED) is 0.794. The fourth-order valence-corrected chi connectivity index (χ4v) is 3.28. The van der Waals surface area contributed by atoms with Crippen LogP contribution in [-0.4, -0.2) is 9.13 Å². The molecule has 1 aromatic carbocycles. The van der Waals surface area contributed by atoms with E-state index in [0.717, 1.165) is 34.9 Å². The van der Waals surface area contributed by atoms with Gasteiger partial charge in [-0.05, 0) is 44.4 Å². The third-order valence-corrected chi connectivity index (χ3v) is 3.90. The first-order valence-electron chi connectivity index (χ1n) is 6.02. The van der Waals surface area contributed by atoms with Crippen LogP contribution in [0.3, 0.4) is 0 Å². The number of halogens is 1. The molecule has 2 aromatic rings. The topological polar surface area (TPSA) is 26.9 Å². The first-order valence-corrected chi connectivity index (χ1v) is 6.82. The van der Waals surface area contributed by atoms with Gasteiger partial charge in [0.1, 0.15) is 0 Å². The molecule has 0 amide bonds. The molecule has 1 aliphatic heterocycles. The highest BCUT2D eigenvalue weighted by Gasteiger charge is 2.21. The van der Waals surface area contributed by atoms with Gasteiger partial charge in [-0.15, -0.1) is 0 Å². The average Bonchev–Trinajstić information content (AvgIpc) is 2.53. The fourth-order valence-electron chi connectivity index (χ4n) is 2.79. The van der Waals surface area contributed by atoms with Gasteiger partial charge < -0.3 is 0 Å². The molecule has 0 radical (unpaired) electrons. The second-order valence-electron chi connectivity index (χ2n) is 4.93. The molecule has 2 heterocycles. The minimum absolute atomic E-state index is 0.133. The lowest BCUT2D eigenvalue weighted by Gasteiger charge is -2.13.